The number of Topliss-reactive ketones (excluding diaryl/α,β-unsaturated/α-hetero) is 1. The summed E-state index contributed by atoms with van der Waals surface area (Å²) >= 11 is 3.09. The minimum Gasteiger partial charge on any atom is -0.293 e. The lowest BCUT2D eigenvalue weighted by molar-refractivity contribution is 0.102. The van der Waals surface area contributed by atoms with Crippen LogP contribution in [0.2, 0.25) is 0 Å². The van der Waals surface area contributed by atoms with Gasteiger partial charge < -0.3 is 0 Å². The summed E-state index contributed by atoms with van der Waals surface area (Å²) in [5.41, 5.74) is 1.05. The number of carbonyl (C=O) groups excluding carboxylic acids is 1. The molecular weight excluding hydrogens is 330 g/mol. The molecule has 4 nitrogen and oxygen atoms in total. The molecule has 0 fully saturated rings. The molecule has 1 rings (SSSR count). The van der Waals surface area contributed by atoms with Crippen molar-refractivity contribution in [1.29, 1.82) is 0 Å². The van der Waals surface area contributed by atoms with Crippen LogP contribution in [-0.2, 0) is 10.0 Å². The lowest BCUT2D eigenvalue weighted by Gasteiger charge is -2.08. The number of ketones is 1. The Balaban J connectivity index is 2.64. The number of hydrogen-bond donors (Lipinski definition) is 1. The van der Waals surface area contributed by atoms with Gasteiger partial charge in [-0.05, 0) is 30.7 Å². The van der Waals surface area contributed by atoms with E-state index < -0.39 is 10.0 Å². The predicted molar refractivity (Wildman–Crippen MR) is 81.5 cm³/mol. The van der Waals surface area contributed by atoms with Gasteiger partial charge in [0.1, 0.15) is 0 Å². The van der Waals surface area contributed by atoms with Crippen molar-refractivity contribution >= 4 is 37.4 Å². The Morgan fingerprint density at radius 3 is 2.37 bits per heavy atom. The Hall–Kier alpha value is -0.880. The molecule has 1 aromatic rings. The quantitative estimate of drug-likeness (QED) is 0.446. The number of hydrogen-bond acceptors (Lipinski definition) is 3. The number of benzene rings is 1. The second kappa shape index (κ2) is 7.65. The van der Waals surface area contributed by atoms with Gasteiger partial charge in [-0.3, -0.25) is 9.52 Å². The zero-order valence-corrected chi connectivity index (χ0v) is 13.3. The van der Waals surface area contributed by atoms with Crippen molar-refractivity contribution in [2.75, 3.05) is 15.8 Å². The minimum absolute atomic E-state index is 0.0302. The third-order valence-corrected chi connectivity index (χ3v) is 4.50. The summed E-state index contributed by atoms with van der Waals surface area (Å²) in [4.78, 5) is 11.4. The smallest absolute Gasteiger partial charge is 0.232 e. The van der Waals surface area contributed by atoms with Crippen LogP contribution in [-0.4, -0.2) is 25.3 Å². The molecule has 0 aliphatic heterocycles. The first-order valence-electron chi connectivity index (χ1n) is 6.18. The Morgan fingerprint density at radius 2 is 1.84 bits per heavy atom. The number of sulfonamides is 1. The summed E-state index contributed by atoms with van der Waals surface area (Å²) in [5, 5.41) is 0.259. The van der Waals surface area contributed by atoms with E-state index in [1.807, 2.05) is 6.92 Å². The second-order valence-electron chi connectivity index (χ2n) is 4.26. The third-order valence-electron chi connectivity index (χ3n) is 2.62. The summed E-state index contributed by atoms with van der Waals surface area (Å²) in [6.45, 7) is 2.03. The van der Waals surface area contributed by atoms with Gasteiger partial charge in [0.25, 0.3) is 0 Å². The van der Waals surface area contributed by atoms with E-state index in [-0.39, 0.29) is 16.9 Å². The molecule has 0 saturated heterocycles. The van der Waals surface area contributed by atoms with Crippen LogP contribution >= 0.6 is 15.9 Å². The summed E-state index contributed by atoms with van der Waals surface area (Å²) in [6.07, 6.45) is 2.55. The van der Waals surface area contributed by atoms with E-state index in [1.54, 1.807) is 24.3 Å². The van der Waals surface area contributed by atoms with Gasteiger partial charge in [0, 0.05) is 11.3 Å². The molecule has 0 amide bonds. The molecule has 1 N–H and O–H groups in total. The first kappa shape index (κ1) is 16.2. The fourth-order valence-corrected chi connectivity index (χ4v) is 3.08. The number of anilines is 1. The highest BCUT2D eigenvalue weighted by atomic mass is 79.9. The van der Waals surface area contributed by atoms with Gasteiger partial charge in [-0.2, -0.15) is 0 Å². The number of nitrogens with one attached hydrogen (secondary N) is 1. The number of unbranched alkanes of at least 4 members (excludes halogenated alkanes) is 2. The van der Waals surface area contributed by atoms with Gasteiger partial charge in [0.15, 0.2) is 5.78 Å². The SMILES string of the molecule is CCCCCS(=O)(=O)Nc1ccc(C(=O)CBr)cc1. The number of alkyl halides is 1. The van der Waals surface area contributed by atoms with Crippen molar-refractivity contribution in [1.82, 2.24) is 0 Å². The Kier molecular flexibility index (Phi) is 6.51. The van der Waals surface area contributed by atoms with E-state index in [1.165, 1.54) is 0 Å². The van der Waals surface area contributed by atoms with Gasteiger partial charge in [0.2, 0.25) is 10.0 Å². The van der Waals surface area contributed by atoms with E-state index in [0.717, 1.165) is 12.8 Å². The zero-order chi connectivity index (χ0) is 14.3. The van der Waals surface area contributed by atoms with Crippen LogP contribution in [0.15, 0.2) is 24.3 Å². The maximum atomic E-state index is 11.8. The van der Waals surface area contributed by atoms with Crippen LogP contribution in [0, 0.1) is 0 Å². The number of halogens is 1. The molecule has 6 heteroatoms. The van der Waals surface area contributed by atoms with Crippen molar-refractivity contribution in [3.05, 3.63) is 29.8 Å². The van der Waals surface area contributed by atoms with Crippen molar-refractivity contribution in [3.8, 4) is 0 Å². The first-order valence-corrected chi connectivity index (χ1v) is 8.95. The van der Waals surface area contributed by atoms with Crippen molar-refractivity contribution in [3.63, 3.8) is 0 Å². The summed E-state index contributed by atoms with van der Waals surface area (Å²) in [7, 11) is -3.29. The number of rotatable bonds is 8. The Bertz CT molecular complexity index is 511. The van der Waals surface area contributed by atoms with E-state index in [4.69, 9.17) is 0 Å². The Labute approximate surface area is 122 Å². The first-order chi connectivity index (χ1) is 8.98. The van der Waals surface area contributed by atoms with E-state index in [2.05, 4.69) is 20.7 Å². The number of carbonyl (C=O) groups is 1. The van der Waals surface area contributed by atoms with Gasteiger partial charge in [0.05, 0.1) is 11.1 Å². The van der Waals surface area contributed by atoms with Gasteiger partial charge in [-0.25, -0.2) is 8.42 Å². The summed E-state index contributed by atoms with van der Waals surface area (Å²) in [6, 6.07) is 6.45. The molecule has 1 aromatic carbocycles. The van der Waals surface area contributed by atoms with Gasteiger partial charge in [-0.1, -0.05) is 35.7 Å². The average Bonchev–Trinajstić information content (AvgIpc) is 2.38. The standard InChI is InChI=1S/C13H18BrNO3S/c1-2-3-4-9-19(17,18)15-12-7-5-11(6-8-12)13(16)10-14/h5-8,15H,2-4,9-10H2,1H3. The van der Waals surface area contributed by atoms with Crippen LogP contribution in [0.25, 0.3) is 0 Å². The van der Waals surface area contributed by atoms with Crippen LogP contribution in [0.5, 0.6) is 0 Å². The lowest BCUT2D eigenvalue weighted by Crippen LogP contribution is -2.16. The highest BCUT2D eigenvalue weighted by Gasteiger charge is 2.10. The molecule has 0 spiro atoms. The third kappa shape index (κ3) is 5.74. The average molecular weight is 348 g/mol. The van der Waals surface area contributed by atoms with E-state index in [9.17, 15) is 13.2 Å². The molecule has 0 aromatic heterocycles. The molecule has 0 heterocycles. The highest BCUT2D eigenvalue weighted by Crippen LogP contribution is 2.13. The predicted octanol–water partition coefficient (Wildman–Crippen LogP) is 3.20. The van der Waals surface area contributed by atoms with Crippen molar-refractivity contribution in [2.24, 2.45) is 0 Å². The second-order valence-corrected chi connectivity index (χ2v) is 6.66. The molecule has 106 valence electrons. The minimum atomic E-state index is -3.29. The molecular formula is C13H18BrNO3S. The van der Waals surface area contributed by atoms with E-state index >= 15 is 0 Å². The maximum absolute atomic E-state index is 11.8. The highest BCUT2D eigenvalue weighted by molar-refractivity contribution is 9.09. The molecule has 0 atom stereocenters. The van der Waals surface area contributed by atoms with Crippen molar-refractivity contribution in [2.45, 2.75) is 26.2 Å². The molecule has 0 aliphatic carbocycles. The Morgan fingerprint density at radius 1 is 1.21 bits per heavy atom. The lowest BCUT2D eigenvalue weighted by atomic mass is 10.1. The molecule has 0 radical (unpaired) electrons. The monoisotopic (exact) mass is 347 g/mol. The van der Waals surface area contributed by atoms with Gasteiger partial charge >= 0.3 is 0 Å². The normalized spacial score (nSPS) is 11.3. The summed E-state index contributed by atoms with van der Waals surface area (Å²) < 4.78 is 26.0. The van der Waals surface area contributed by atoms with Crippen LogP contribution in [0.1, 0.15) is 36.5 Å². The fourth-order valence-electron chi connectivity index (χ4n) is 1.57. The topological polar surface area (TPSA) is 63.2 Å². The molecule has 19 heavy (non-hydrogen) atoms. The molecule has 0 aliphatic rings. The molecule has 0 unspecified atom stereocenters. The molecule has 0 bridgehead atoms. The van der Waals surface area contributed by atoms with Crippen LogP contribution < -0.4 is 4.72 Å². The fraction of sp³-hybridized carbons (Fsp3) is 0.462. The largest absolute Gasteiger partial charge is 0.293 e. The van der Waals surface area contributed by atoms with Crippen LogP contribution in [0.4, 0.5) is 5.69 Å². The summed E-state index contributed by atoms with van der Waals surface area (Å²) in [5.74, 6) is 0.0977. The van der Waals surface area contributed by atoms with E-state index in [0.29, 0.717) is 17.7 Å². The van der Waals surface area contributed by atoms with Gasteiger partial charge in [-0.15, -0.1) is 0 Å². The zero-order valence-electron chi connectivity index (χ0n) is 10.9. The maximum Gasteiger partial charge on any atom is 0.232 e. The van der Waals surface area contributed by atoms with Crippen molar-refractivity contribution < 1.29 is 13.2 Å². The van der Waals surface area contributed by atoms with Crippen LogP contribution in [0.3, 0.4) is 0 Å². The molecule has 0 saturated carbocycles.